The third kappa shape index (κ3) is 3.08. The van der Waals surface area contributed by atoms with E-state index in [1.165, 1.54) is 10.9 Å². The van der Waals surface area contributed by atoms with Crippen LogP contribution in [0.1, 0.15) is 47.2 Å². The van der Waals surface area contributed by atoms with E-state index in [0.29, 0.717) is 41.2 Å². The molecule has 0 unspecified atom stereocenters. The number of aryl methyl sites for hydroxylation is 2. The summed E-state index contributed by atoms with van der Waals surface area (Å²) in [6, 6.07) is 9.30. The van der Waals surface area contributed by atoms with Gasteiger partial charge in [-0.25, -0.2) is 14.4 Å². The number of rotatable bonds is 4. The Balaban J connectivity index is 1.34. The minimum Gasteiger partial charge on any atom is -0.337 e. The van der Waals surface area contributed by atoms with Crippen molar-refractivity contribution in [2.24, 2.45) is 0 Å². The predicted octanol–water partition coefficient (Wildman–Crippen LogP) is 3.58. The first-order valence-corrected chi connectivity index (χ1v) is 9.82. The zero-order chi connectivity index (χ0) is 20.9. The Labute approximate surface area is 171 Å². The maximum Gasteiger partial charge on any atom is 0.263 e. The number of hydrogen-bond acceptors (Lipinski definition) is 6. The topological polar surface area (TPSA) is 86.7 Å². The van der Waals surface area contributed by atoms with Gasteiger partial charge in [0.25, 0.3) is 5.56 Å². The molecule has 0 N–H and O–H groups in total. The molecule has 1 aliphatic rings. The Bertz CT molecular complexity index is 1310. The number of aromatic nitrogens is 5. The summed E-state index contributed by atoms with van der Waals surface area (Å²) in [6.45, 7) is 3.90. The molecule has 1 saturated carbocycles. The van der Waals surface area contributed by atoms with Gasteiger partial charge in [-0.05, 0) is 43.9 Å². The lowest BCUT2D eigenvalue weighted by atomic mass is 9.68. The Morgan fingerprint density at radius 2 is 2.07 bits per heavy atom. The molecule has 3 aromatic heterocycles. The highest BCUT2D eigenvalue weighted by Crippen LogP contribution is 2.53. The van der Waals surface area contributed by atoms with Gasteiger partial charge in [0.2, 0.25) is 5.89 Å². The maximum atomic E-state index is 15.2. The van der Waals surface area contributed by atoms with Crippen molar-refractivity contribution in [1.82, 2.24) is 24.7 Å². The fraction of sp³-hybridized carbons (Fsp3) is 0.318. The van der Waals surface area contributed by atoms with E-state index in [-0.39, 0.29) is 18.0 Å². The largest absolute Gasteiger partial charge is 0.337 e. The van der Waals surface area contributed by atoms with Gasteiger partial charge in [-0.2, -0.15) is 4.98 Å². The molecule has 0 bridgehead atoms. The van der Waals surface area contributed by atoms with Crippen LogP contribution >= 0.6 is 0 Å². The van der Waals surface area contributed by atoms with Gasteiger partial charge in [-0.3, -0.25) is 9.36 Å². The molecule has 4 aromatic rings. The van der Waals surface area contributed by atoms with E-state index in [1.807, 2.05) is 38.1 Å². The first kappa shape index (κ1) is 18.6. The minimum atomic E-state index is -1.36. The van der Waals surface area contributed by atoms with Crippen LogP contribution in [0.4, 0.5) is 4.39 Å². The molecule has 1 aromatic carbocycles. The van der Waals surface area contributed by atoms with Crippen molar-refractivity contribution in [3.8, 4) is 0 Å². The van der Waals surface area contributed by atoms with Gasteiger partial charge in [-0.1, -0.05) is 35.0 Å². The lowest BCUT2D eigenvalue weighted by Crippen LogP contribution is -2.36. The molecule has 1 aliphatic carbocycles. The van der Waals surface area contributed by atoms with Crippen LogP contribution < -0.4 is 5.56 Å². The number of benzene rings is 1. The Hall–Kier alpha value is -3.42. The number of fused-ring (bicyclic) bond motifs is 1. The maximum absolute atomic E-state index is 15.2. The predicted molar refractivity (Wildman–Crippen MR) is 108 cm³/mol. The van der Waals surface area contributed by atoms with E-state index in [1.54, 1.807) is 12.3 Å². The zero-order valence-electron chi connectivity index (χ0n) is 16.7. The van der Waals surface area contributed by atoms with Crippen molar-refractivity contribution < 1.29 is 8.91 Å². The fourth-order valence-electron chi connectivity index (χ4n) is 4.05. The molecule has 0 spiro atoms. The molecular formula is C22H20FN5O2. The van der Waals surface area contributed by atoms with Crippen molar-refractivity contribution in [2.45, 2.75) is 44.8 Å². The zero-order valence-corrected chi connectivity index (χ0v) is 16.7. The van der Waals surface area contributed by atoms with Crippen LogP contribution in [0.5, 0.6) is 0 Å². The van der Waals surface area contributed by atoms with Crippen molar-refractivity contribution in [1.29, 1.82) is 0 Å². The van der Waals surface area contributed by atoms with Crippen molar-refractivity contribution in [3.05, 3.63) is 81.6 Å². The number of nitrogens with zero attached hydrogens (tertiary/aromatic N) is 5. The number of hydrogen-bond donors (Lipinski definition) is 0. The summed E-state index contributed by atoms with van der Waals surface area (Å²) in [5.74, 6) is 0.665. The summed E-state index contributed by atoms with van der Waals surface area (Å²) in [5, 5.41) is 4.49. The van der Waals surface area contributed by atoms with Crippen molar-refractivity contribution >= 4 is 11.0 Å². The van der Waals surface area contributed by atoms with E-state index in [9.17, 15) is 4.79 Å². The van der Waals surface area contributed by atoms with E-state index in [4.69, 9.17) is 4.52 Å². The molecule has 5 rings (SSSR count). The molecule has 30 heavy (non-hydrogen) atoms. The summed E-state index contributed by atoms with van der Waals surface area (Å²) < 4.78 is 21.9. The smallest absolute Gasteiger partial charge is 0.263 e. The van der Waals surface area contributed by atoms with Gasteiger partial charge < -0.3 is 4.52 Å². The van der Waals surface area contributed by atoms with Gasteiger partial charge >= 0.3 is 0 Å². The van der Waals surface area contributed by atoms with E-state index < -0.39 is 5.67 Å². The lowest BCUT2D eigenvalue weighted by molar-refractivity contribution is 0.0335. The van der Waals surface area contributed by atoms with Gasteiger partial charge in [0, 0.05) is 12.1 Å². The normalized spacial score (nSPS) is 21.0. The molecule has 0 saturated heterocycles. The Kier molecular flexibility index (Phi) is 4.23. The molecule has 1 fully saturated rings. The summed E-state index contributed by atoms with van der Waals surface area (Å²) in [4.78, 5) is 25.5. The first-order valence-electron chi connectivity index (χ1n) is 9.82. The summed E-state index contributed by atoms with van der Waals surface area (Å²) in [6.07, 6.45) is 3.68. The molecule has 0 amide bonds. The number of alkyl halides is 1. The SMILES string of the molecule is Cc1cccc(C2(F)CC(c3noc(Cn4cnc5nccc(C)c5c4=O)n3)C2)c1. The van der Waals surface area contributed by atoms with Gasteiger partial charge in [0.05, 0.1) is 5.39 Å². The quantitative estimate of drug-likeness (QED) is 0.516. The first-order chi connectivity index (χ1) is 14.4. The van der Waals surface area contributed by atoms with Gasteiger partial charge in [-0.15, -0.1) is 0 Å². The van der Waals surface area contributed by atoms with E-state index in [2.05, 4.69) is 20.1 Å². The molecule has 152 valence electrons. The fourth-order valence-corrected chi connectivity index (χ4v) is 4.05. The summed E-state index contributed by atoms with van der Waals surface area (Å²) in [5.41, 5.74) is 1.38. The summed E-state index contributed by atoms with van der Waals surface area (Å²) >= 11 is 0. The monoisotopic (exact) mass is 405 g/mol. The number of halogens is 1. The highest BCUT2D eigenvalue weighted by Gasteiger charge is 2.48. The van der Waals surface area contributed by atoms with Crippen LogP contribution in [-0.2, 0) is 12.2 Å². The standard InChI is InChI=1S/C22H20FN5O2/c1-13-4-3-5-16(8-13)22(23)9-15(10-22)19-26-17(30-27-19)11-28-12-25-20-18(21(28)29)14(2)6-7-24-20/h3-8,12,15H,9-11H2,1-2H3. The number of pyridine rings is 1. The van der Waals surface area contributed by atoms with Crippen LogP contribution in [-0.4, -0.2) is 24.7 Å². The highest BCUT2D eigenvalue weighted by molar-refractivity contribution is 5.76. The average molecular weight is 405 g/mol. The third-order valence-corrected chi connectivity index (χ3v) is 5.76. The van der Waals surface area contributed by atoms with Crippen LogP contribution in [0.25, 0.3) is 11.0 Å². The molecule has 0 atom stereocenters. The van der Waals surface area contributed by atoms with Crippen LogP contribution in [0.2, 0.25) is 0 Å². The minimum absolute atomic E-state index is 0.106. The molecule has 0 aliphatic heterocycles. The Morgan fingerprint density at radius 1 is 1.23 bits per heavy atom. The third-order valence-electron chi connectivity index (χ3n) is 5.76. The average Bonchev–Trinajstić information content (AvgIpc) is 3.16. The van der Waals surface area contributed by atoms with Crippen LogP contribution in [0, 0.1) is 13.8 Å². The molecule has 3 heterocycles. The van der Waals surface area contributed by atoms with Crippen molar-refractivity contribution in [3.63, 3.8) is 0 Å². The second-order valence-electron chi connectivity index (χ2n) is 7.99. The van der Waals surface area contributed by atoms with Crippen LogP contribution in [0.3, 0.4) is 0 Å². The molecule has 8 heteroatoms. The second kappa shape index (κ2) is 6.83. The van der Waals surface area contributed by atoms with E-state index >= 15 is 4.39 Å². The molecular weight excluding hydrogens is 385 g/mol. The molecule has 0 radical (unpaired) electrons. The lowest BCUT2D eigenvalue weighted by Gasteiger charge is -2.40. The Morgan fingerprint density at radius 3 is 2.87 bits per heavy atom. The van der Waals surface area contributed by atoms with Crippen molar-refractivity contribution in [2.75, 3.05) is 0 Å². The van der Waals surface area contributed by atoms with E-state index in [0.717, 1.165) is 11.1 Å². The van der Waals surface area contributed by atoms with Crippen LogP contribution in [0.15, 0.2) is 52.2 Å². The second-order valence-corrected chi connectivity index (χ2v) is 7.99. The molecule has 7 nitrogen and oxygen atoms in total. The van der Waals surface area contributed by atoms with Gasteiger partial charge in [0.15, 0.2) is 11.5 Å². The van der Waals surface area contributed by atoms with Gasteiger partial charge in [0.1, 0.15) is 18.5 Å². The summed E-state index contributed by atoms with van der Waals surface area (Å²) in [7, 11) is 0. The highest BCUT2D eigenvalue weighted by atomic mass is 19.1.